The van der Waals surface area contributed by atoms with Gasteiger partial charge in [0.2, 0.25) is 0 Å². The average Bonchev–Trinajstić information content (AvgIpc) is 2.95. The van der Waals surface area contributed by atoms with Crippen molar-refractivity contribution < 1.29 is 29.0 Å². The lowest BCUT2D eigenvalue weighted by Gasteiger charge is -2.15. The number of aliphatic hydroxyl groups excluding tert-OH is 1. The number of hydrogen-bond acceptors (Lipinski definition) is 7. The second kappa shape index (κ2) is 31.8. The molecule has 242 valence electrons. The SMILES string of the molecule is CCCCCCCCCCCCCC(=O)O[C@@H](CO)COC(=O)CCCCCCCCCCCCCCSC(C)=O. The van der Waals surface area contributed by atoms with Crippen molar-refractivity contribution in [2.45, 2.75) is 180 Å². The van der Waals surface area contributed by atoms with E-state index in [-0.39, 0.29) is 30.3 Å². The van der Waals surface area contributed by atoms with Crippen molar-refractivity contribution in [1.82, 2.24) is 0 Å². The third-order valence-corrected chi connectivity index (χ3v) is 8.40. The van der Waals surface area contributed by atoms with Gasteiger partial charge in [-0.15, -0.1) is 0 Å². The molecule has 0 amide bonds. The summed E-state index contributed by atoms with van der Waals surface area (Å²) in [5, 5.41) is 9.72. The van der Waals surface area contributed by atoms with Crippen molar-refractivity contribution in [2.75, 3.05) is 19.0 Å². The summed E-state index contributed by atoms with van der Waals surface area (Å²) in [4.78, 5) is 35.0. The van der Waals surface area contributed by atoms with Crippen LogP contribution in [0.4, 0.5) is 0 Å². The maximum absolute atomic E-state index is 12.1. The number of thioether (sulfide) groups is 1. The standard InChI is InChI=1S/C34H64O6S/c1-3-4-5-6-7-8-11-15-18-21-24-27-34(38)40-32(29-35)30-39-33(37)26-23-20-17-14-12-9-10-13-16-19-22-25-28-41-31(2)36/h32,35H,3-30H2,1-2H3/t32-/m0/s1. The summed E-state index contributed by atoms with van der Waals surface area (Å²) in [5.41, 5.74) is 0. The number of carbonyl (C=O) groups is 3. The first-order valence-corrected chi connectivity index (χ1v) is 18.1. The van der Waals surface area contributed by atoms with Crippen LogP contribution in [0, 0.1) is 0 Å². The van der Waals surface area contributed by atoms with E-state index in [0.717, 1.165) is 50.7 Å². The van der Waals surface area contributed by atoms with E-state index in [0.29, 0.717) is 12.8 Å². The molecule has 0 bridgehead atoms. The molecule has 0 heterocycles. The van der Waals surface area contributed by atoms with E-state index >= 15 is 0 Å². The molecule has 7 heteroatoms. The van der Waals surface area contributed by atoms with Crippen LogP contribution in [0.1, 0.15) is 174 Å². The Balaban J connectivity index is 3.52. The number of carbonyl (C=O) groups excluding carboxylic acids is 3. The van der Waals surface area contributed by atoms with Crippen LogP contribution in [0.3, 0.4) is 0 Å². The van der Waals surface area contributed by atoms with Crippen molar-refractivity contribution in [3.8, 4) is 0 Å². The van der Waals surface area contributed by atoms with Gasteiger partial charge < -0.3 is 14.6 Å². The Hall–Kier alpha value is -1.08. The van der Waals surface area contributed by atoms with E-state index in [1.165, 1.54) is 114 Å². The third kappa shape index (κ3) is 31.7. The topological polar surface area (TPSA) is 89.9 Å². The fraction of sp³-hybridized carbons (Fsp3) is 0.912. The van der Waals surface area contributed by atoms with Gasteiger partial charge in [0.15, 0.2) is 11.2 Å². The van der Waals surface area contributed by atoms with Crippen LogP contribution in [-0.4, -0.2) is 47.2 Å². The second-order valence-electron chi connectivity index (χ2n) is 11.6. The van der Waals surface area contributed by atoms with Gasteiger partial charge in [-0.25, -0.2) is 0 Å². The molecule has 0 saturated carbocycles. The van der Waals surface area contributed by atoms with E-state index in [1.807, 2.05) is 0 Å². The van der Waals surface area contributed by atoms with E-state index in [2.05, 4.69) is 6.92 Å². The van der Waals surface area contributed by atoms with E-state index in [4.69, 9.17) is 9.47 Å². The van der Waals surface area contributed by atoms with Gasteiger partial charge in [0.05, 0.1) is 6.61 Å². The fourth-order valence-corrected chi connectivity index (χ4v) is 5.55. The molecule has 6 nitrogen and oxygen atoms in total. The monoisotopic (exact) mass is 600 g/mol. The minimum absolute atomic E-state index is 0.0727. The maximum atomic E-state index is 12.1. The molecule has 1 atom stereocenters. The minimum atomic E-state index is -0.773. The maximum Gasteiger partial charge on any atom is 0.306 e. The molecule has 0 aromatic carbocycles. The highest BCUT2D eigenvalue weighted by Gasteiger charge is 2.16. The van der Waals surface area contributed by atoms with Gasteiger partial charge in [0, 0.05) is 25.5 Å². The van der Waals surface area contributed by atoms with Gasteiger partial charge >= 0.3 is 11.9 Å². The van der Waals surface area contributed by atoms with Crippen LogP contribution in [0.2, 0.25) is 0 Å². The van der Waals surface area contributed by atoms with E-state index in [9.17, 15) is 19.5 Å². The zero-order valence-corrected chi connectivity index (χ0v) is 27.6. The first-order chi connectivity index (χ1) is 20.0. The molecule has 0 rings (SSSR count). The summed E-state index contributed by atoms with van der Waals surface area (Å²) in [7, 11) is 0. The Morgan fingerprint density at radius 3 is 1.39 bits per heavy atom. The van der Waals surface area contributed by atoms with Crippen LogP contribution >= 0.6 is 11.8 Å². The molecule has 0 aromatic rings. The predicted molar refractivity (Wildman–Crippen MR) is 172 cm³/mol. The van der Waals surface area contributed by atoms with Crippen molar-refractivity contribution in [3.05, 3.63) is 0 Å². The Bertz CT molecular complexity index is 612. The summed E-state index contributed by atoms with van der Waals surface area (Å²) >= 11 is 1.44. The molecule has 0 saturated heterocycles. The lowest BCUT2D eigenvalue weighted by Crippen LogP contribution is -2.28. The van der Waals surface area contributed by atoms with Crippen molar-refractivity contribution in [2.24, 2.45) is 0 Å². The van der Waals surface area contributed by atoms with Crippen LogP contribution < -0.4 is 0 Å². The minimum Gasteiger partial charge on any atom is -0.462 e. The average molecular weight is 601 g/mol. The summed E-state index contributed by atoms with van der Waals surface area (Å²) in [6.45, 7) is 3.47. The molecule has 0 aliphatic rings. The van der Waals surface area contributed by atoms with E-state index in [1.54, 1.807) is 6.92 Å². The quantitative estimate of drug-likeness (QED) is 0.0626. The molecule has 0 radical (unpaired) electrons. The molecule has 41 heavy (non-hydrogen) atoms. The van der Waals surface area contributed by atoms with Gasteiger partial charge in [0.1, 0.15) is 6.61 Å². The molecular formula is C34H64O6S. The van der Waals surface area contributed by atoms with Gasteiger partial charge in [0.25, 0.3) is 0 Å². The second-order valence-corrected chi connectivity index (χ2v) is 12.9. The number of esters is 2. The molecule has 1 N–H and O–H groups in total. The lowest BCUT2D eigenvalue weighted by atomic mass is 10.0. The number of aliphatic hydroxyl groups is 1. The molecule has 0 aliphatic carbocycles. The smallest absolute Gasteiger partial charge is 0.306 e. The zero-order valence-electron chi connectivity index (χ0n) is 26.8. The first kappa shape index (κ1) is 39.9. The highest BCUT2D eigenvalue weighted by molar-refractivity contribution is 8.13. The zero-order chi connectivity index (χ0) is 30.2. The number of rotatable bonds is 31. The third-order valence-electron chi connectivity index (χ3n) is 7.50. The highest BCUT2D eigenvalue weighted by Crippen LogP contribution is 2.15. The number of unbranched alkanes of at least 4 members (excludes halogenated alkanes) is 21. The molecule has 0 aromatic heterocycles. The Morgan fingerprint density at radius 1 is 0.585 bits per heavy atom. The molecule has 0 aliphatic heterocycles. The summed E-state index contributed by atoms with van der Waals surface area (Å²) < 4.78 is 10.5. The highest BCUT2D eigenvalue weighted by atomic mass is 32.2. The predicted octanol–water partition coefficient (Wildman–Crippen LogP) is 9.49. The van der Waals surface area contributed by atoms with Gasteiger partial charge in [-0.1, -0.05) is 147 Å². The van der Waals surface area contributed by atoms with Crippen LogP contribution in [0.25, 0.3) is 0 Å². The Labute approximate surface area is 256 Å². The van der Waals surface area contributed by atoms with E-state index < -0.39 is 6.10 Å². The molecule has 0 unspecified atom stereocenters. The van der Waals surface area contributed by atoms with Crippen molar-refractivity contribution in [3.63, 3.8) is 0 Å². The Kier molecular flexibility index (Phi) is 31.0. The Morgan fingerprint density at radius 2 is 0.976 bits per heavy atom. The largest absolute Gasteiger partial charge is 0.462 e. The summed E-state index contributed by atoms with van der Waals surface area (Å²) in [6, 6.07) is 0. The molecular weight excluding hydrogens is 536 g/mol. The first-order valence-electron chi connectivity index (χ1n) is 17.1. The van der Waals surface area contributed by atoms with Gasteiger partial charge in [-0.3, -0.25) is 14.4 Å². The fourth-order valence-electron chi connectivity index (χ4n) is 4.92. The van der Waals surface area contributed by atoms with Crippen LogP contribution in [-0.2, 0) is 23.9 Å². The van der Waals surface area contributed by atoms with Crippen LogP contribution in [0.15, 0.2) is 0 Å². The van der Waals surface area contributed by atoms with Crippen molar-refractivity contribution >= 4 is 28.8 Å². The van der Waals surface area contributed by atoms with Crippen LogP contribution in [0.5, 0.6) is 0 Å². The molecule has 0 fully saturated rings. The van der Waals surface area contributed by atoms with Gasteiger partial charge in [-0.2, -0.15) is 0 Å². The lowest BCUT2D eigenvalue weighted by molar-refractivity contribution is -0.161. The normalized spacial score (nSPS) is 11.9. The van der Waals surface area contributed by atoms with Gasteiger partial charge in [-0.05, 0) is 19.3 Å². The number of ether oxygens (including phenoxy) is 2. The van der Waals surface area contributed by atoms with Crippen molar-refractivity contribution in [1.29, 1.82) is 0 Å². The summed E-state index contributed by atoms with van der Waals surface area (Å²) in [5.74, 6) is 0.353. The number of hydrogen-bond donors (Lipinski definition) is 1. The molecule has 0 spiro atoms. The summed E-state index contributed by atoms with van der Waals surface area (Å²) in [6.07, 6.45) is 27.7.